The van der Waals surface area contributed by atoms with Crippen molar-refractivity contribution in [2.75, 3.05) is 10.3 Å². The molecule has 8 heteroatoms. The summed E-state index contributed by atoms with van der Waals surface area (Å²) in [4.78, 5) is 24.9. The van der Waals surface area contributed by atoms with Crippen molar-refractivity contribution in [3.63, 3.8) is 0 Å². The maximum Gasteiger partial charge on any atom is 0.334 e. The Bertz CT molecular complexity index is 1100. The zero-order valence-corrected chi connectivity index (χ0v) is 17.8. The van der Waals surface area contributed by atoms with Crippen molar-refractivity contribution in [1.29, 1.82) is 0 Å². The van der Waals surface area contributed by atoms with Crippen molar-refractivity contribution >= 4 is 23.4 Å². The number of aromatic nitrogens is 2. The Labute approximate surface area is 181 Å². The van der Waals surface area contributed by atoms with E-state index in [4.69, 9.17) is 5.73 Å². The number of hydrazine groups is 1. The first kappa shape index (κ1) is 20.6. The number of primary amides is 1. The third kappa shape index (κ3) is 4.15. The second-order valence-electron chi connectivity index (χ2n) is 8.62. The van der Waals surface area contributed by atoms with E-state index in [1.54, 1.807) is 0 Å². The Balaban J connectivity index is 1.50. The first-order chi connectivity index (χ1) is 14.7. The predicted molar refractivity (Wildman–Crippen MR) is 119 cm³/mol. The maximum atomic E-state index is 12.8. The van der Waals surface area contributed by atoms with Crippen LogP contribution in [0.4, 0.5) is 16.3 Å². The van der Waals surface area contributed by atoms with Crippen LogP contribution in [0, 0.1) is 0 Å². The summed E-state index contributed by atoms with van der Waals surface area (Å²) < 4.78 is 0. The van der Waals surface area contributed by atoms with Crippen LogP contribution in [0.25, 0.3) is 0 Å². The number of nitrogens with two attached hydrogens (primary N) is 1. The molecule has 160 valence electrons. The molecule has 0 aliphatic carbocycles. The number of nitrogens with zero attached hydrogens (tertiary/aromatic N) is 3. The van der Waals surface area contributed by atoms with Crippen LogP contribution in [0.2, 0.25) is 0 Å². The monoisotopic (exact) mass is 418 g/mol. The van der Waals surface area contributed by atoms with Gasteiger partial charge in [0.1, 0.15) is 0 Å². The number of anilines is 2. The minimum absolute atomic E-state index is 0.0204. The molecule has 1 aliphatic rings. The first-order valence-corrected chi connectivity index (χ1v) is 10.1. The Morgan fingerprint density at radius 1 is 1.06 bits per heavy atom. The minimum atomic E-state index is -0.575. The lowest BCUT2D eigenvalue weighted by molar-refractivity contribution is 0.102. The van der Waals surface area contributed by atoms with Gasteiger partial charge in [-0.15, -0.1) is 0 Å². The number of amides is 3. The Morgan fingerprint density at radius 2 is 1.74 bits per heavy atom. The Hall–Kier alpha value is -3.65. The minimum Gasteiger partial charge on any atom is -0.350 e. The fraction of sp³-hybridized carbons (Fsp3) is 0.261. The van der Waals surface area contributed by atoms with Gasteiger partial charge in [0, 0.05) is 17.7 Å². The third-order valence-electron chi connectivity index (χ3n) is 5.37. The van der Waals surface area contributed by atoms with Crippen LogP contribution in [0.15, 0.2) is 54.6 Å². The van der Waals surface area contributed by atoms with Crippen molar-refractivity contribution < 1.29 is 9.59 Å². The van der Waals surface area contributed by atoms with Crippen LogP contribution in [0.5, 0.6) is 0 Å². The molecule has 0 spiro atoms. The fourth-order valence-corrected chi connectivity index (χ4v) is 3.67. The molecule has 3 amide bonds. The number of fused-ring (bicyclic) bond motifs is 1. The van der Waals surface area contributed by atoms with E-state index in [1.807, 2.05) is 59.6 Å². The fourth-order valence-electron chi connectivity index (χ4n) is 3.67. The van der Waals surface area contributed by atoms with E-state index in [1.165, 1.54) is 5.01 Å². The number of benzene rings is 2. The summed E-state index contributed by atoms with van der Waals surface area (Å²) in [5, 5.41) is 13.3. The highest BCUT2D eigenvalue weighted by Gasteiger charge is 2.32. The van der Waals surface area contributed by atoms with Crippen LogP contribution in [-0.2, 0) is 18.5 Å². The lowest BCUT2D eigenvalue weighted by Gasteiger charge is -2.29. The van der Waals surface area contributed by atoms with E-state index >= 15 is 0 Å². The van der Waals surface area contributed by atoms with E-state index < -0.39 is 6.03 Å². The average molecular weight is 419 g/mol. The lowest BCUT2D eigenvalue weighted by Crippen LogP contribution is -2.47. The van der Waals surface area contributed by atoms with Gasteiger partial charge in [0.2, 0.25) is 0 Å². The van der Waals surface area contributed by atoms with Crippen molar-refractivity contribution in [2.24, 2.45) is 5.73 Å². The van der Waals surface area contributed by atoms with Gasteiger partial charge in [-0.25, -0.2) is 14.8 Å². The van der Waals surface area contributed by atoms with E-state index in [9.17, 15) is 9.59 Å². The van der Waals surface area contributed by atoms with Crippen LogP contribution in [-0.4, -0.2) is 27.1 Å². The number of aromatic amines is 1. The summed E-state index contributed by atoms with van der Waals surface area (Å²) in [5.41, 5.74) is 9.73. The van der Waals surface area contributed by atoms with E-state index in [2.05, 4.69) is 36.3 Å². The second-order valence-corrected chi connectivity index (χ2v) is 8.62. The van der Waals surface area contributed by atoms with Crippen molar-refractivity contribution in [3.8, 4) is 0 Å². The molecular weight excluding hydrogens is 392 g/mol. The van der Waals surface area contributed by atoms with Gasteiger partial charge in [0.15, 0.2) is 5.82 Å². The maximum absolute atomic E-state index is 12.8. The molecule has 4 N–H and O–H groups in total. The SMILES string of the molecule is CC(C)(C)c1ccc(C(=O)Nc2n[nH]c3c2CN(N(C(N)=O)c2ccccc2)C3)cc1. The van der Waals surface area contributed by atoms with Gasteiger partial charge in [-0.1, -0.05) is 51.1 Å². The standard InChI is InChI=1S/C23H26N6O2/c1-23(2,3)16-11-9-15(10-12-16)21(30)25-20-18-13-28(14-19(18)26-27-20)29(22(24)31)17-7-5-4-6-8-17/h4-12H,13-14H2,1-3H3,(H2,24,31)(H2,25,26,27,30). The van der Waals surface area contributed by atoms with E-state index in [-0.39, 0.29) is 11.3 Å². The zero-order valence-electron chi connectivity index (χ0n) is 17.8. The number of rotatable bonds is 4. The molecule has 0 fully saturated rings. The van der Waals surface area contributed by atoms with Gasteiger partial charge < -0.3 is 11.1 Å². The van der Waals surface area contributed by atoms with Gasteiger partial charge in [-0.05, 0) is 35.2 Å². The molecule has 0 saturated carbocycles. The highest BCUT2D eigenvalue weighted by atomic mass is 16.2. The number of hydrogen-bond acceptors (Lipinski definition) is 4. The molecular formula is C23H26N6O2. The van der Waals surface area contributed by atoms with E-state index in [0.29, 0.717) is 30.2 Å². The van der Waals surface area contributed by atoms with Crippen LogP contribution in [0.1, 0.15) is 48.0 Å². The molecule has 0 saturated heterocycles. The van der Waals surface area contributed by atoms with Crippen molar-refractivity contribution in [2.45, 2.75) is 39.3 Å². The molecule has 4 rings (SSSR count). The summed E-state index contributed by atoms with van der Waals surface area (Å²) in [6.07, 6.45) is 0. The zero-order chi connectivity index (χ0) is 22.2. The molecule has 1 aliphatic heterocycles. The van der Waals surface area contributed by atoms with Crippen LogP contribution >= 0.6 is 0 Å². The largest absolute Gasteiger partial charge is 0.350 e. The quantitative estimate of drug-likeness (QED) is 0.599. The van der Waals surface area contributed by atoms with Gasteiger partial charge in [-0.3, -0.25) is 9.89 Å². The smallest absolute Gasteiger partial charge is 0.334 e. The molecule has 0 atom stereocenters. The molecule has 8 nitrogen and oxygen atoms in total. The van der Waals surface area contributed by atoms with Crippen molar-refractivity contribution in [3.05, 3.63) is 77.0 Å². The lowest BCUT2D eigenvalue weighted by atomic mass is 9.87. The number of hydrogen-bond donors (Lipinski definition) is 3. The van der Waals surface area contributed by atoms with Gasteiger partial charge in [0.25, 0.3) is 5.91 Å². The molecule has 2 aromatic carbocycles. The Morgan fingerprint density at radius 3 is 2.35 bits per heavy atom. The van der Waals surface area contributed by atoms with Gasteiger partial charge in [-0.2, -0.15) is 5.10 Å². The molecule has 0 bridgehead atoms. The number of nitrogens with one attached hydrogen (secondary N) is 2. The topological polar surface area (TPSA) is 107 Å². The number of carbonyl (C=O) groups is 2. The number of carbonyl (C=O) groups excluding carboxylic acids is 2. The third-order valence-corrected chi connectivity index (χ3v) is 5.37. The highest BCUT2D eigenvalue weighted by Crippen LogP contribution is 2.31. The second kappa shape index (κ2) is 7.88. The molecule has 3 aromatic rings. The highest BCUT2D eigenvalue weighted by molar-refractivity contribution is 6.04. The molecule has 1 aromatic heterocycles. The number of urea groups is 1. The summed E-state index contributed by atoms with van der Waals surface area (Å²) in [6, 6.07) is 16.2. The predicted octanol–water partition coefficient (Wildman–Crippen LogP) is 3.78. The Kier molecular flexibility index (Phi) is 5.24. The summed E-state index contributed by atoms with van der Waals surface area (Å²) in [5.74, 6) is 0.225. The van der Waals surface area contributed by atoms with Gasteiger partial charge >= 0.3 is 6.03 Å². The normalized spacial score (nSPS) is 13.6. The first-order valence-electron chi connectivity index (χ1n) is 10.1. The molecule has 0 unspecified atom stereocenters. The van der Waals surface area contributed by atoms with Crippen LogP contribution in [0.3, 0.4) is 0 Å². The summed E-state index contributed by atoms with van der Waals surface area (Å²) in [6.45, 7) is 7.21. The summed E-state index contributed by atoms with van der Waals surface area (Å²) >= 11 is 0. The van der Waals surface area contributed by atoms with Crippen LogP contribution < -0.4 is 16.1 Å². The average Bonchev–Trinajstić information content (AvgIpc) is 3.30. The van der Waals surface area contributed by atoms with E-state index in [0.717, 1.165) is 16.8 Å². The van der Waals surface area contributed by atoms with Crippen molar-refractivity contribution in [1.82, 2.24) is 15.2 Å². The summed E-state index contributed by atoms with van der Waals surface area (Å²) in [7, 11) is 0. The number of para-hydroxylation sites is 1. The molecule has 2 heterocycles. The molecule has 0 radical (unpaired) electrons. The van der Waals surface area contributed by atoms with Gasteiger partial charge in [0.05, 0.1) is 17.9 Å². The molecule has 31 heavy (non-hydrogen) atoms. The number of H-pyrrole nitrogens is 1.